The number of sulfonamides is 1. The first-order valence-corrected chi connectivity index (χ1v) is 8.65. The lowest BCUT2D eigenvalue weighted by molar-refractivity contribution is 0.582. The summed E-state index contributed by atoms with van der Waals surface area (Å²) in [5, 5.41) is 1.98. The third-order valence-electron chi connectivity index (χ3n) is 3.16. The van der Waals surface area contributed by atoms with Crippen LogP contribution in [0.4, 0.5) is 5.69 Å². The fraction of sp³-hybridized carbons (Fsp3) is 0.286. The minimum atomic E-state index is -3.55. The molecule has 108 valence electrons. The van der Waals surface area contributed by atoms with Gasteiger partial charge in [-0.05, 0) is 55.0 Å². The molecule has 0 aliphatic carbocycles. The lowest BCUT2D eigenvalue weighted by Crippen LogP contribution is -2.26. The van der Waals surface area contributed by atoms with Crippen LogP contribution in [0.1, 0.15) is 16.0 Å². The van der Waals surface area contributed by atoms with Gasteiger partial charge < -0.3 is 5.73 Å². The van der Waals surface area contributed by atoms with Gasteiger partial charge in [0.1, 0.15) is 4.90 Å². The Labute approximate surface area is 123 Å². The largest absolute Gasteiger partial charge is 0.398 e. The van der Waals surface area contributed by atoms with E-state index in [9.17, 15) is 8.42 Å². The van der Waals surface area contributed by atoms with E-state index in [-0.39, 0.29) is 10.6 Å². The summed E-state index contributed by atoms with van der Waals surface area (Å²) in [5.74, 6) is 0. The number of anilines is 1. The second-order valence-electron chi connectivity index (χ2n) is 4.70. The van der Waals surface area contributed by atoms with Crippen LogP contribution in [0, 0.1) is 13.8 Å². The molecule has 1 aromatic heterocycles. The van der Waals surface area contributed by atoms with E-state index in [4.69, 9.17) is 5.73 Å². The van der Waals surface area contributed by atoms with Crippen LogP contribution in [-0.2, 0) is 16.4 Å². The average Bonchev–Trinajstić information content (AvgIpc) is 2.86. The van der Waals surface area contributed by atoms with E-state index in [0.717, 1.165) is 16.0 Å². The fourth-order valence-electron chi connectivity index (χ4n) is 1.89. The molecule has 1 aromatic carbocycles. The zero-order chi connectivity index (χ0) is 14.8. The van der Waals surface area contributed by atoms with Crippen molar-refractivity contribution < 1.29 is 8.42 Å². The number of rotatable bonds is 5. The maximum Gasteiger partial charge on any atom is 0.242 e. The average molecular weight is 310 g/mol. The highest BCUT2D eigenvalue weighted by Crippen LogP contribution is 2.22. The van der Waals surface area contributed by atoms with Gasteiger partial charge in [-0.3, -0.25) is 0 Å². The van der Waals surface area contributed by atoms with Crippen molar-refractivity contribution in [3.63, 3.8) is 0 Å². The van der Waals surface area contributed by atoms with Gasteiger partial charge in [0.05, 0.1) is 5.69 Å². The van der Waals surface area contributed by atoms with Crippen LogP contribution in [-0.4, -0.2) is 15.0 Å². The van der Waals surface area contributed by atoms with Crippen LogP contribution in [0.3, 0.4) is 0 Å². The van der Waals surface area contributed by atoms with Crippen LogP contribution in [0.15, 0.2) is 34.5 Å². The predicted molar refractivity (Wildman–Crippen MR) is 83.5 cm³/mol. The van der Waals surface area contributed by atoms with Gasteiger partial charge in [0.25, 0.3) is 0 Å². The Morgan fingerprint density at radius 3 is 2.60 bits per heavy atom. The lowest BCUT2D eigenvalue weighted by atomic mass is 10.1. The first-order valence-electron chi connectivity index (χ1n) is 6.29. The van der Waals surface area contributed by atoms with E-state index in [2.05, 4.69) is 4.72 Å². The zero-order valence-corrected chi connectivity index (χ0v) is 13.1. The van der Waals surface area contributed by atoms with Crippen LogP contribution in [0.5, 0.6) is 0 Å². The van der Waals surface area contributed by atoms with Gasteiger partial charge in [-0.1, -0.05) is 6.07 Å². The van der Waals surface area contributed by atoms with Crippen LogP contribution in [0.2, 0.25) is 0 Å². The maximum atomic E-state index is 12.3. The number of thiophene rings is 1. The number of hydrogen-bond donors (Lipinski definition) is 2. The molecule has 0 aliphatic rings. The van der Waals surface area contributed by atoms with Gasteiger partial charge in [0, 0.05) is 11.4 Å². The monoisotopic (exact) mass is 310 g/mol. The van der Waals surface area contributed by atoms with Gasteiger partial charge in [-0.2, -0.15) is 0 Å². The fourth-order valence-corrected chi connectivity index (χ4v) is 3.82. The van der Waals surface area contributed by atoms with Crippen molar-refractivity contribution in [2.75, 3.05) is 12.3 Å². The highest BCUT2D eigenvalue weighted by molar-refractivity contribution is 7.89. The Balaban J connectivity index is 2.12. The summed E-state index contributed by atoms with van der Waals surface area (Å²) in [6, 6.07) is 7.26. The van der Waals surface area contributed by atoms with E-state index in [1.54, 1.807) is 23.5 Å². The van der Waals surface area contributed by atoms with E-state index >= 15 is 0 Å². The molecule has 0 amide bonds. The summed E-state index contributed by atoms with van der Waals surface area (Å²) < 4.78 is 27.1. The van der Waals surface area contributed by atoms with Crippen molar-refractivity contribution >= 4 is 27.0 Å². The lowest BCUT2D eigenvalue weighted by Gasteiger charge is -2.11. The normalized spacial score (nSPS) is 11.7. The quantitative estimate of drug-likeness (QED) is 0.833. The molecule has 0 fully saturated rings. The van der Waals surface area contributed by atoms with Gasteiger partial charge in [0.2, 0.25) is 10.0 Å². The van der Waals surface area contributed by atoms with Gasteiger partial charge >= 0.3 is 0 Å². The smallest absolute Gasteiger partial charge is 0.242 e. The molecule has 6 heteroatoms. The summed E-state index contributed by atoms with van der Waals surface area (Å²) in [6.45, 7) is 4.15. The van der Waals surface area contributed by atoms with Crippen LogP contribution < -0.4 is 10.5 Å². The highest BCUT2D eigenvalue weighted by atomic mass is 32.2. The standard InChI is InChI=1S/C14H18N2O2S2/c1-10-8-13(15)14(9-11(10)2)20(17,18)16-6-5-12-4-3-7-19-12/h3-4,7-9,16H,5-6,15H2,1-2H3. The van der Waals surface area contributed by atoms with E-state index < -0.39 is 10.0 Å². The summed E-state index contributed by atoms with van der Waals surface area (Å²) >= 11 is 1.62. The molecule has 3 N–H and O–H groups in total. The van der Waals surface area contributed by atoms with Gasteiger partial charge in [-0.15, -0.1) is 11.3 Å². The first kappa shape index (κ1) is 15.0. The molecule has 0 aliphatic heterocycles. The summed E-state index contributed by atoms with van der Waals surface area (Å²) in [4.78, 5) is 1.31. The van der Waals surface area contributed by atoms with Crippen molar-refractivity contribution in [2.45, 2.75) is 25.2 Å². The van der Waals surface area contributed by atoms with Crippen molar-refractivity contribution in [2.24, 2.45) is 0 Å². The van der Waals surface area contributed by atoms with E-state index in [1.807, 2.05) is 31.4 Å². The summed E-state index contributed by atoms with van der Waals surface area (Å²) in [7, 11) is -3.55. The third-order valence-corrected chi connectivity index (χ3v) is 5.61. The number of benzene rings is 1. The number of nitrogens with two attached hydrogens (primary N) is 1. The Morgan fingerprint density at radius 2 is 1.95 bits per heavy atom. The molecule has 4 nitrogen and oxygen atoms in total. The predicted octanol–water partition coefficient (Wildman–Crippen LogP) is 2.47. The van der Waals surface area contributed by atoms with E-state index in [1.165, 1.54) is 0 Å². The summed E-state index contributed by atoms with van der Waals surface area (Å²) in [5.41, 5.74) is 8.02. The van der Waals surface area contributed by atoms with Crippen molar-refractivity contribution in [1.29, 1.82) is 0 Å². The van der Waals surface area contributed by atoms with Crippen LogP contribution >= 0.6 is 11.3 Å². The number of nitrogen functional groups attached to an aromatic ring is 1. The molecule has 0 atom stereocenters. The molecule has 2 rings (SSSR count). The molecule has 0 radical (unpaired) electrons. The SMILES string of the molecule is Cc1cc(N)c(S(=O)(=O)NCCc2cccs2)cc1C. The second kappa shape index (κ2) is 5.95. The highest BCUT2D eigenvalue weighted by Gasteiger charge is 2.17. The molecule has 0 spiro atoms. The molecule has 1 heterocycles. The summed E-state index contributed by atoms with van der Waals surface area (Å²) in [6.07, 6.45) is 0.682. The molecular weight excluding hydrogens is 292 g/mol. The number of hydrogen-bond acceptors (Lipinski definition) is 4. The molecule has 20 heavy (non-hydrogen) atoms. The van der Waals surface area contributed by atoms with Gasteiger partial charge in [-0.25, -0.2) is 13.1 Å². The second-order valence-corrected chi connectivity index (χ2v) is 7.47. The van der Waals surface area contributed by atoms with Crippen molar-refractivity contribution in [3.8, 4) is 0 Å². The Morgan fingerprint density at radius 1 is 1.25 bits per heavy atom. The van der Waals surface area contributed by atoms with Crippen LogP contribution in [0.25, 0.3) is 0 Å². The maximum absolute atomic E-state index is 12.3. The molecule has 2 aromatic rings. The number of aryl methyl sites for hydroxylation is 2. The Bertz CT molecular complexity index is 692. The van der Waals surface area contributed by atoms with Crippen molar-refractivity contribution in [3.05, 3.63) is 45.6 Å². The molecule has 0 unspecified atom stereocenters. The Hall–Kier alpha value is -1.37. The minimum absolute atomic E-state index is 0.159. The Kier molecular flexibility index (Phi) is 4.47. The molecule has 0 bridgehead atoms. The number of nitrogens with one attached hydrogen (secondary N) is 1. The first-order chi connectivity index (χ1) is 9.40. The van der Waals surface area contributed by atoms with E-state index in [0.29, 0.717) is 13.0 Å². The zero-order valence-electron chi connectivity index (χ0n) is 11.5. The molecule has 0 saturated heterocycles. The molecular formula is C14H18N2O2S2. The molecule has 0 saturated carbocycles. The topological polar surface area (TPSA) is 72.2 Å². The minimum Gasteiger partial charge on any atom is -0.398 e. The third kappa shape index (κ3) is 3.39. The van der Waals surface area contributed by atoms with Crippen molar-refractivity contribution in [1.82, 2.24) is 4.72 Å². The van der Waals surface area contributed by atoms with Gasteiger partial charge in [0.15, 0.2) is 0 Å².